The van der Waals surface area contributed by atoms with E-state index >= 15 is 0 Å². The van der Waals surface area contributed by atoms with E-state index in [1.54, 1.807) is 18.2 Å². The third kappa shape index (κ3) is 3.64. The number of nitrogens with zero attached hydrogens (tertiary/aromatic N) is 2. The van der Waals surface area contributed by atoms with Crippen molar-refractivity contribution in [2.45, 2.75) is 0 Å². The highest BCUT2D eigenvalue weighted by atomic mass is 32.2. The maximum absolute atomic E-state index is 12.0. The molecular formula is C16H11N3O3S. The number of para-hydroxylation sites is 1. The molecule has 0 aromatic heterocycles. The number of hydrogen-bond acceptors (Lipinski definition) is 5. The van der Waals surface area contributed by atoms with Gasteiger partial charge in [-0.1, -0.05) is 18.2 Å². The maximum atomic E-state index is 12.0. The fourth-order valence-electron chi connectivity index (χ4n) is 1.94. The Morgan fingerprint density at radius 1 is 1.09 bits per heavy atom. The second-order valence-electron chi connectivity index (χ2n) is 4.67. The fraction of sp³-hybridized carbons (Fsp3) is 0. The van der Waals surface area contributed by atoms with Crippen LogP contribution in [0.1, 0.15) is 5.56 Å². The molecule has 1 N–H and O–H groups in total. The molecule has 0 bridgehead atoms. The Kier molecular flexibility index (Phi) is 4.20. The molecule has 1 aliphatic heterocycles. The highest BCUT2D eigenvalue weighted by Gasteiger charge is 2.23. The first-order chi connectivity index (χ1) is 11.1. The van der Waals surface area contributed by atoms with Gasteiger partial charge in [-0.15, -0.1) is 0 Å². The van der Waals surface area contributed by atoms with Crippen LogP contribution in [-0.4, -0.2) is 16.0 Å². The summed E-state index contributed by atoms with van der Waals surface area (Å²) in [6.45, 7) is 0. The Bertz CT molecular complexity index is 814. The van der Waals surface area contributed by atoms with Gasteiger partial charge in [0.2, 0.25) is 0 Å². The molecule has 1 aliphatic rings. The van der Waals surface area contributed by atoms with E-state index in [2.05, 4.69) is 10.3 Å². The van der Waals surface area contributed by atoms with Gasteiger partial charge in [0.15, 0.2) is 5.17 Å². The number of thioether (sulfide) groups is 1. The van der Waals surface area contributed by atoms with E-state index in [-0.39, 0.29) is 11.6 Å². The highest BCUT2D eigenvalue weighted by molar-refractivity contribution is 8.18. The van der Waals surface area contributed by atoms with Crippen LogP contribution in [0.25, 0.3) is 6.08 Å². The monoisotopic (exact) mass is 325 g/mol. The molecule has 1 fully saturated rings. The molecule has 0 unspecified atom stereocenters. The molecule has 0 spiro atoms. The summed E-state index contributed by atoms with van der Waals surface area (Å²) in [5, 5.41) is 13.8. The Labute approximate surface area is 136 Å². The number of amides is 1. The van der Waals surface area contributed by atoms with Gasteiger partial charge in [0.25, 0.3) is 11.6 Å². The first kappa shape index (κ1) is 15.0. The summed E-state index contributed by atoms with van der Waals surface area (Å²) >= 11 is 1.24. The van der Waals surface area contributed by atoms with E-state index in [1.807, 2.05) is 30.3 Å². The lowest BCUT2D eigenvalue weighted by molar-refractivity contribution is -0.384. The lowest BCUT2D eigenvalue weighted by Gasteiger charge is -1.95. The standard InChI is InChI=1S/C16H11N3O3S/c20-15-14(10-11-6-8-13(9-7-11)19(21)22)23-16(18-15)17-12-4-2-1-3-5-12/h1-10H,(H,17,18,20)/b14-10-. The van der Waals surface area contributed by atoms with Crippen LogP contribution >= 0.6 is 11.8 Å². The van der Waals surface area contributed by atoms with Gasteiger partial charge in [-0.3, -0.25) is 14.9 Å². The molecule has 114 valence electrons. The van der Waals surface area contributed by atoms with Gasteiger partial charge in [-0.2, -0.15) is 0 Å². The van der Waals surface area contributed by atoms with Crippen LogP contribution in [0.3, 0.4) is 0 Å². The molecule has 0 radical (unpaired) electrons. The molecule has 3 rings (SSSR count). The van der Waals surface area contributed by atoms with Gasteiger partial charge in [0.05, 0.1) is 15.5 Å². The van der Waals surface area contributed by atoms with Gasteiger partial charge in [-0.05, 0) is 47.7 Å². The molecule has 2 aromatic carbocycles. The maximum Gasteiger partial charge on any atom is 0.269 e. The van der Waals surface area contributed by atoms with Crippen LogP contribution in [0.4, 0.5) is 11.4 Å². The van der Waals surface area contributed by atoms with E-state index in [1.165, 1.54) is 23.9 Å². The number of rotatable bonds is 3. The number of amidine groups is 1. The van der Waals surface area contributed by atoms with Crippen molar-refractivity contribution in [3.63, 3.8) is 0 Å². The van der Waals surface area contributed by atoms with Crippen LogP contribution in [-0.2, 0) is 4.79 Å². The molecule has 1 saturated heterocycles. The average molecular weight is 325 g/mol. The summed E-state index contributed by atoms with van der Waals surface area (Å²) in [4.78, 5) is 27.0. The first-order valence-electron chi connectivity index (χ1n) is 6.71. The van der Waals surface area contributed by atoms with Crippen molar-refractivity contribution >= 4 is 40.3 Å². The molecule has 23 heavy (non-hydrogen) atoms. The minimum Gasteiger partial charge on any atom is -0.300 e. The van der Waals surface area contributed by atoms with Crippen molar-refractivity contribution in [3.8, 4) is 0 Å². The lowest BCUT2D eigenvalue weighted by Crippen LogP contribution is -2.19. The Morgan fingerprint density at radius 2 is 1.78 bits per heavy atom. The number of aliphatic imine (C=N–C) groups is 1. The predicted octanol–water partition coefficient (Wildman–Crippen LogP) is 3.49. The fourth-order valence-corrected chi connectivity index (χ4v) is 2.79. The summed E-state index contributed by atoms with van der Waals surface area (Å²) < 4.78 is 0. The number of carbonyl (C=O) groups excluding carboxylic acids is 1. The largest absolute Gasteiger partial charge is 0.300 e. The first-order valence-corrected chi connectivity index (χ1v) is 7.52. The molecule has 1 heterocycles. The molecule has 0 aliphatic carbocycles. The third-order valence-corrected chi connectivity index (χ3v) is 3.95. The third-order valence-electron chi connectivity index (χ3n) is 3.04. The number of benzene rings is 2. The summed E-state index contributed by atoms with van der Waals surface area (Å²) in [5.41, 5.74) is 1.49. The second-order valence-corrected chi connectivity index (χ2v) is 5.70. The zero-order valence-electron chi connectivity index (χ0n) is 11.8. The van der Waals surface area contributed by atoms with E-state index < -0.39 is 4.92 Å². The van der Waals surface area contributed by atoms with E-state index in [4.69, 9.17) is 0 Å². The van der Waals surface area contributed by atoms with Gasteiger partial charge >= 0.3 is 0 Å². The van der Waals surface area contributed by atoms with Crippen LogP contribution in [0.2, 0.25) is 0 Å². The summed E-state index contributed by atoms with van der Waals surface area (Å²) in [6.07, 6.45) is 1.68. The SMILES string of the molecule is O=C1NC(=Nc2ccccc2)S/C1=C\c1ccc([N+](=O)[O-])cc1. The van der Waals surface area contributed by atoms with Gasteiger partial charge in [0, 0.05) is 12.1 Å². The van der Waals surface area contributed by atoms with Crippen LogP contribution in [0.15, 0.2) is 64.5 Å². The average Bonchev–Trinajstić information content (AvgIpc) is 2.88. The Balaban J connectivity index is 1.80. The predicted molar refractivity (Wildman–Crippen MR) is 90.3 cm³/mol. The van der Waals surface area contributed by atoms with Crippen LogP contribution < -0.4 is 5.32 Å². The highest BCUT2D eigenvalue weighted by Crippen LogP contribution is 2.28. The van der Waals surface area contributed by atoms with Crippen molar-refractivity contribution in [1.29, 1.82) is 0 Å². The molecule has 0 atom stereocenters. The summed E-state index contributed by atoms with van der Waals surface area (Å²) in [5.74, 6) is -0.233. The number of nitrogens with one attached hydrogen (secondary N) is 1. The van der Waals surface area contributed by atoms with Crippen LogP contribution in [0, 0.1) is 10.1 Å². The number of hydrogen-bond donors (Lipinski definition) is 1. The summed E-state index contributed by atoms with van der Waals surface area (Å²) in [7, 11) is 0. The van der Waals surface area contributed by atoms with Crippen molar-refractivity contribution < 1.29 is 9.72 Å². The second kappa shape index (κ2) is 6.45. The number of nitro benzene ring substituents is 1. The normalized spacial score (nSPS) is 17.5. The minimum absolute atomic E-state index is 0.0157. The van der Waals surface area contributed by atoms with E-state index in [9.17, 15) is 14.9 Å². The zero-order valence-corrected chi connectivity index (χ0v) is 12.6. The van der Waals surface area contributed by atoms with Gasteiger partial charge in [0.1, 0.15) is 0 Å². The van der Waals surface area contributed by atoms with Crippen molar-refractivity contribution in [3.05, 3.63) is 75.2 Å². The topological polar surface area (TPSA) is 84.6 Å². The Hall–Kier alpha value is -2.93. The molecule has 6 nitrogen and oxygen atoms in total. The zero-order chi connectivity index (χ0) is 16.2. The number of non-ortho nitro benzene ring substituents is 1. The van der Waals surface area contributed by atoms with E-state index in [0.717, 1.165) is 5.69 Å². The summed E-state index contributed by atoms with van der Waals surface area (Å²) in [6, 6.07) is 15.3. The Morgan fingerprint density at radius 3 is 2.43 bits per heavy atom. The van der Waals surface area contributed by atoms with Crippen molar-refractivity contribution in [2.24, 2.45) is 4.99 Å². The smallest absolute Gasteiger partial charge is 0.269 e. The van der Waals surface area contributed by atoms with Crippen LogP contribution in [0.5, 0.6) is 0 Å². The molecule has 2 aromatic rings. The molecule has 7 heteroatoms. The van der Waals surface area contributed by atoms with Crippen molar-refractivity contribution in [2.75, 3.05) is 0 Å². The molecular weight excluding hydrogens is 314 g/mol. The number of carbonyl (C=O) groups is 1. The quantitative estimate of drug-likeness (QED) is 0.532. The van der Waals surface area contributed by atoms with Gasteiger partial charge < -0.3 is 5.32 Å². The molecule has 1 amide bonds. The van der Waals surface area contributed by atoms with E-state index in [0.29, 0.717) is 15.6 Å². The van der Waals surface area contributed by atoms with Gasteiger partial charge in [-0.25, -0.2) is 4.99 Å². The lowest BCUT2D eigenvalue weighted by atomic mass is 10.2. The van der Waals surface area contributed by atoms with Crippen molar-refractivity contribution in [1.82, 2.24) is 5.32 Å². The molecule has 0 saturated carbocycles. The minimum atomic E-state index is -0.460. The number of nitro groups is 1.